The van der Waals surface area contributed by atoms with E-state index in [4.69, 9.17) is 0 Å². The lowest BCUT2D eigenvalue weighted by molar-refractivity contribution is 0.711. The number of nitrogens with one attached hydrogen (secondary N) is 1. The van der Waals surface area contributed by atoms with E-state index in [0.29, 0.717) is 5.95 Å². The van der Waals surface area contributed by atoms with Crippen molar-refractivity contribution < 1.29 is 0 Å². The first-order valence-electron chi connectivity index (χ1n) is 5.05. The highest BCUT2D eigenvalue weighted by atomic mass is 15.5. The minimum Gasteiger partial charge on any atom is -0.243 e. The van der Waals surface area contributed by atoms with Gasteiger partial charge in [0.2, 0.25) is 0 Å². The highest BCUT2D eigenvalue weighted by Crippen LogP contribution is 2.06. The first-order valence-corrected chi connectivity index (χ1v) is 5.05. The minimum absolute atomic E-state index is 0.244. The van der Waals surface area contributed by atoms with Crippen molar-refractivity contribution in [2.75, 3.05) is 5.43 Å². The van der Waals surface area contributed by atoms with Crippen molar-refractivity contribution >= 4 is 12.2 Å². The van der Waals surface area contributed by atoms with Crippen LogP contribution in [0.15, 0.2) is 11.2 Å². The van der Waals surface area contributed by atoms with Crippen molar-refractivity contribution in [1.29, 1.82) is 0 Å². The zero-order valence-electron chi connectivity index (χ0n) is 9.79. The smallest absolute Gasteiger partial charge is 0.243 e. The van der Waals surface area contributed by atoms with Crippen LogP contribution in [0, 0.1) is 13.8 Å². The molecular weight excluding hydrogens is 220 g/mol. The Morgan fingerprint density at radius 1 is 1.24 bits per heavy atom. The highest BCUT2D eigenvalue weighted by molar-refractivity contribution is 5.54. The fourth-order valence-electron chi connectivity index (χ4n) is 1.31. The number of nitrogens with zero attached hydrogens (tertiary/aromatic N) is 7. The second-order valence-corrected chi connectivity index (χ2v) is 3.36. The molecule has 2 rings (SSSR count). The molecule has 0 aliphatic carbocycles. The Hall–Kier alpha value is -2.38. The van der Waals surface area contributed by atoms with E-state index in [2.05, 4.69) is 36.0 Å². The number of hydrogen-bond donors (Lipinski definition) is 1. The fraction of sp³-hybridized carbons (Fsp3) is 0.333. The summed E-state index contributed by atoms with van der Waals surface area (Å²) in [6.45, 7) is 5.59. The van der Waals surface area contributed by atoms with Crippen LogP contribution >= 0.6 is 0 Å². The van der Waals surface area contributed by atoms with Gasteiger partial charge in [0.05, 0.1) is 5.69 Å². The van der Waals surface area contributed by atoms with Crippen LogP contribution in [0.25, 0.3) is 5.95 Å². The van der Waals surface area contributed by atoms with Gasteiger partial charge in [-0.3, -0.25) is 0 Å². The van der Waals surface area contributed by atoms with Crippen molar-refractivity contribution in [2.45, 2.75) is 20.8 Å². The van der Waals surface area contributed by atoms with Crippen molar-refractivity contribution in [2.24, 2.45) is 5.10 Å². The summed E-state index contributed by atoms with van der Waals surface area (Å²) in [6.07, 6.45) is 1.58. The zero-order valence-corrected chi connectivity index (χ0v) is 9.79. The lowest BCUT2D eigenvalue weighted by atomic mass is 10.4. The van der Waals surface area contributed by atoms with E-state index in [-0.39, 0.29) is 5.95 Å². The Bertz CT molecular complexity index is 526. The Labute approximate surface area is 97.8 Å². The van der Waals surface area contributed by atoms with Gasteiger partial charge >= 0.3 is 0 Å². The Morgan fingerprint density at radius 3 is 2.47 bits per heavy atom. The average molecular weight is 232 g/mol. The number of hydrogen-bond acceptors (Lipinski definition) is 7. The van der Waals surface area contributed by atoms with Gasteiger partial charge in [-0.2, -0.15) is 10.2 Å². The molecule has 2 aromatic heterocycles. The molecule has 2 aromatic rings. The van der Waals surface area contributed by atoms with E-state index in [0.717, 1.165) is 11.4 Å². The third-order valence-corrected chi connectivity index (χ3v) is 1.96. The Kier molecular flexibility index (Phi) is 3.03. The van der Waals surface area contributed by atoms with Crippen LogP contribution in [0.2, 0.25) is 0 Å². The molecule has 0 atom stereocenters. The molecule has 88 valence electrons. The third-order valence-electron chi connectivity index (χ3n) is 1.96. The van der Waals surface area contributed by atoms with E-state index < -0.39 is 0 Å². The van der Waals surface area contributed by atoms with Gasteiger partial charge in [0.25, 0.3) is 11.9 Å². The molecule has 0 spiro atoms. The molecule has 2 heterocycles. The van der Waals surface area contributed by atoms with Gasteiger partial charge in [-0.15, -0.1) is 20.4 Å². The molecule has 0 aliphatic rings. The van der Waals surface area contributed by atoms with Crippen LogP contribution in [0.5, 0.6) is 0 Å². The van der Waals surface area contributed by atoms with E-state index in [1.54, 1.807) is 17.8 Å². The van der Waals surface area contributed by atoms with Crippen molar-refractivity contribution in [3.8, 4) is 5.95 Å². The van der Waals surface area contributed by atoms with E-state index in [1.807, 2.05) is 19.9 Å². The standard InChI is InChI=1S/C9H12N8/c1-4-10-11-8-12-14-9(15-13-8)17-7(3)5-6(2)16-17/h4-5H,1-3H3,(H,11,12,13)/b10-4+. The monoisotopic (exact) mass is 232 g/mol. The summed E-state index contributed by atoms with van der Waals surface area (Å²) in [4.78, 5) is 0. The second-order valence-electron chi connectivity index (χ2n) is 3.36. The minimum atomic E-state index is 0.244. The van der Waals surface area contributed by atoms with Crippen molar-refractivity contribution in [1.82, 2.24) is 30.2 Å². The van der Waals surface area contributed by atoms with Gasteiger partial charge in [-0.05, 0) is 26.8 Å². The average Bonchev–Trinajstić information content (AvgIpc) is 2.66. The Morgan fingerprint density at radius 2 is 1.94 bits per heavy atom. The second kappa shape index (κ2) is 4.64. The fourth-order valence-corrected chi connectivity index (χ4v) is 1.31. The summed E-state index contributed by atoms with van der Waals surface area (Å²) < 4.78 is 1.59. The summed E-state index contributed by atoms with van der Waals surface area (Å²) in [5, 5.41) is 23.5. The Balaban J connectivity index is 2.26. The molecule has 0 aliphatic heterocycles. The zero-order chi connectivity index (χ0) is 12.3. The van der Waals surface area contributed by atoms with Gasteiger partial charge in [-0.25, -0.2) is 10.1 Å². The largest absolute Gasteiger partial charge is 0.289 e. The van der Waals surface area contributed by atoms with Crippen LogP contribution in [-0.2, 0) is 0 Å². The number of rotatable bonds is 3. The summed E-state index contributed by atoms with van der Waals surface area (Å²) >= 11 is 0. The summed E-state index contributed by atoms with van der Waals surface area (Å²) in [5.41, 5.74) is 4.41. The topological polar surface area (TPSA) is 93.8 Å². The number of anilines is 1. The van der Waals surface area contributed by atoms with Crippen LogP contribution < -0.4 is 5.43 Å². The molecule has 0 aromatic carbocycles. The molecule has 8 heteroatoms. The molecule has 0 saturated heterocycles. The predicted molar refractivity (Wildman–Crippen MR) is 62.0 cm³/mol. The lowest BCUT2D eigenvalue weighted by Crippen LogP contribution is -2.09. The predicted octanol–water partition coefficient (Wildman–Crippen LogP) is 0.487. The molecule has 0 fully saturated rings. The summed E-state index contributed by atoms with van der Waals surface area (Å²) in [6, 6.07) is 1.93. The van der Waals surface area contributed by atoms with Gasteiger partial charge in [0.1, 0.15) is 0 Å². The quantitative estimate of drug-likeness (QED) is 0.611. The van der Waals surface area contributed by atoms with E-state index in [1.165, 1.54) is 0 Å². The van der Waals surface area contributed by atoms with Gasteiger partial charge in [-0.1, -0.05) is 0 Å². The highest BCUT2D eigenvalue weighted by Gasteiger charge is 2.07. The summed E-state index contributed by atoms with van der Waals surface area (Å²) in [7, 11) is 0. The molecule has 0 unspecified atom stereocenters. The lowest BCUT2D eigenvalue weighted by Gasteiger charge is -2.00. The molecule has 17 heavy (non-hydrogen) atoms. The van der Waals surface area contributed by atoms with E-state index >= 15 is 0 Å². The van der Waals surface area contributed by atoms with Gasteiger partial charge in [0.15, 0.2) is 0 Å². The van der Waals surface area contributed by atoms with Crippen LogP contribution in [0.3, 0.4) is 0 Å². The maximum Gasteiger partial charge on any atom is 0.289 e. The molecule has 1 N–H and O–H groups in total. The number of aromatic nitrogens is 6. The third kappa shape index (κ3) is 2.41. The molecule has 0 saturated carbocycles. The van der Waals surface area contributed by atoms with Crippen LogP contribution in [-0.4, -0.2) is 36.4 Å². The van der Waals surface area contributed by atoms with Gasteiger partial charge < -0.3 is 0 Å². The first kappa shape index (κ1) is 11.1. The molecular formula is C9H12N8. The molecule has 0 bridgehead atoms. The first-order chi connectivity index (χ1) is 8.20. The molecule has 0 radical (unpaired) electrons. The van der Waals surface area contributed by atoms with Crippen molar-refractivity contribution in [3.05, 3.63) is 17.5 Å². The summed E-state index contributed by atoms with van der Waals surface area (Å²) in [5.74, 6) is 0.579. The van der Waals surface area contributed by atoms with Crippen LogP contribution in [0.4, 0.5) is 5.95 Å². The van der Waals surface area contributed by atoms with Crippen molar-refractivity contribution in [3.63, 3.8) is 0 Å². The van der Waals surface area contributed by atoms with Gasteiger partial charge in [0, 0.05) is 11.9 Å². The molecule has 8 nitrogen and oxygen atoms in total. The maximum absolute atomic E-state index is 4.23. The van der Waals surface area contributed by atoms with Crippen LogP contribution in [0.1, 0.15) is 18.3 Å². The van der Waals surface area contributed by atoms with E-state index in [9.17, 15) is 0 Å². The normalized spacial score (nSPS) is 11.0. The maximum atomic E-state index is 4.23. The molecule has 0 amide bonds. The number of hydrazone groups is 1. The SMILES string of the molecule is C/C=N/Nc1nnc(-n2nc(C)cc2C)nn1. The number of aryl methyl sites for hydroxylation is 2.